The maximum atomic E-state index is 13.2. The topological polar surface area (TPSA) is 79.9 Å². The zero-order chi connectivity index (χ0) is 22.2. The van der Waals surface area contributed by atoms with Crippen LogP contribution in [0, 0.1) is 0 Å². The number of likely N-dealkylation sites (tertiary alicyclic amines) is 1. The van der Waals surface area contributed by atoms with Gasteiger partial charge in [0, 0.05) is 28.4 Å². The van der Waals surface area contributed by atoms with Crippen molar-refractivity contribution in [2.24, 2.45) is 0 Å². The Hall–Kier alpha value is -3.32. The van der Waals surface area contributed by atoms with Crippen LogP contribution in [0.1, 0.15) is 41.3 Å². The third-order valence-electron chi connectivity index (χ3n) is 6.32. The highest BCUT2D eigenvalue weighted by Gasteiger charge is 2.31. The molecule has 0 radical (unpaired) electrons. The number of rotatable bonds is 4. The van der Waals surface area contributed by atoms with E-state index in [0.717, 1.165) is 48.4 Å². The normalized spacial score (nSPS) is 19.9. The van der Waals surface area contributed by atoms with Gasteiger partial charge in [-0.1, -0.05) is 0 Å². The van der Waals surface area contributed by atoms with E-state index in [-0.39, 0.29) is 17.7 Å². The van der Waals surface area contributed by atoms with Crippen LogP contribution in [0.15, 0.2) is 36.4 Å². The Kier molecular flexibility index (Phi) is 5.35. The quantitative estimate of drug-likeness (QED) is 0.570. The average Bonchev–Trinajstić information content (AvgIpc) is 3.13. The Labute approximate surface area is 187 Å². The number of Topliss-reactive ketones (excluding diaryl/α,β-unsaturated/α-hetero) is 1. The van der Waals surface area contributed by atoms with Crippen molar-refractivity contribution in [1.82, 2.24) is 10.2 Å². The van der Waals surface area contributed by atoms with E-state index in [1.807, 2.05) is 18.2 Å². The molecule has 0 spiro atoms. The first-order chi connectivity index (χ1) is 15.5. The van der Waals surface area contributed by atoms with E-state index in [2.05, 4.69) is 22.6 Å². The van der Waals surface area contributed by atoms with Crippen molar-refractivity contribution in [2.75, 3.05) is 38.7 Å². The van der Waals surface area contributed by atoms with Gasteiger partial charge in [0.15, 0.2) is 17.3 Å². The summed E-state index contributed by atoms with van der Waals surface area (Å²) in [6.07, 6.45) is 1.97. The number of fused-ring (bicyclic) bond motifs is 2. The van der Waals surface area contributed by atoms with E-state index in [4.69, 9.17) is 9.47 Å². The van der Waals surface area contributed by atoms with Crippen molar-refractivity contribution in [2.45, 2.75) is 25.8 Å². The number of hydrogen-bond acceptors (Lipinski definition) is 6. The van der Waals surface area contributed by atoms with Gasteiger partial charge < -0.3 is 25.0 Å². The molecule has 5 rings (SSSR count). The number of nitrogens with one attached hydrogen (secondary N) is 2. The molecule has 1 saturated heterocycles. The molecule has 1 amide bonds. The fourth-order valence-corrected chi connectivity index (χ4v) is 4.49. The number of carbonyl (C=O) groups excluding carboxylic acids is 2. The van der Waals surface area contributed by atoms with E-state index in [1.54, 1.807) is 18.2 Å². The highest BCUT2D eigenvalue weighted by atomic mass is 16.6. The van der Waals surface area contributed by atoms with Gasteiger partial charge in [0.05, 0.1) is 11.3 Å². The van der Waals surface area contributed by atoms with Crippen molar-refractivity contribution in [1.29, 1.82) is 0 Å². The fourth-order valence-electron chi connectivity index (χ4n) is 4.49. The van der Waals surface area contributed by atoms with E-state index in [0.29, 0.717) is 35.8 Å². The molecule has 3 aliphatic heterocycles. The third-order valence-corrected chi connectivity index (χ3v) is 6.32. The van der Waals surface area contributed by atoms with E-state index in [9.17, 15) is 9.59 Å². The molecule has 7 heteroatoms. The molecule has 0 aliphatic carbocycles. The van der Waals surface area contributed by atoms with Crippen LogP contribution in [0.25, 0.3) is 11.3 Å². The molecule has 2 aromatic rings. The summed E-state index contributed by atoms with van der Waals surface area (Å²) in [6, 6.07) is 11.4. The molecule has 0 bridgehead atoms. The highest BCUT2D eigenvalue weighted by molar-refractivity contribution is 6.36. The molecule has 2 aromatic carbocycles. The minimum absolute atomic E-state index is 0.0318. The summed E-state index contributed by atoms with van der Waals surface area (Å²) in [5.41, 5.74) is 4.22. The molecule has 1 fully saturated rings. The van der Waals surface area contributed by atoms with E-state index in [1.165, 1.54) is 6.92 Å². The van der Waals surface area contributed by atoms with Crippen molar-refractivity contribution in [3.63, 3.8) is 0 Å². The molecular formula is C25H27N3O4. The molecule has 2 N–H and O–H groups in total. The average molecular weight is 434 g/mol. The molecule has 0 aromatic heterocycles. The van der Waals surface area contributed by atoms with Crippen molar-refractivity contribution in [3.8, 4) is 11.5 Å². The summed E-state index contributed by atoms with van der Waals surface area (Å²) < 4.78 is 11.5. The maximum absolute atomic E-state index is 13.2. The van der Waals surface area contributed by atoms with E-state index < -0.39 is 0 Å². The number of ether oxygens (including phenoxy) is 2. The van der Waals surface area contributed by atoms with Gasteiger partial charge in [0.25, 0.3) is 5.91 Å². The number of ketones is 1. The van der Waals surface area contributed by atoms with Crippen LogP contribution in [0.5, 0.6) is 11.5 Å². The summed E-state index contributed by atoms with van der Waals surface area (Å²) in [5, 5.41) is 6.63. The largest absolute Gasteiger partial charge is 0.486 e. The number of nitrogens with zero attached hydrogens (tertiary/aromatic N) is 1. The molecule has 0 saturated carbocycles. The lowest BCUT2D eigenvalue weighted by Crippen LogP contribution is -2.40. The second-order valence-electron chi connectivity index (χ2n) is 8.60. The van der Waals surface area contributed by atoms with Gasteiger partial charge in [-0.2, -0.15) is 0 Å². The van der Waals surface area contributed by atoms with Crippen molar-refractivity contribution >= 4 is 28.6 Å². The molecule has 166 valence electrons. The molecule has 3 aliphatic rings. The number of benzene rings is 2. The second-order valence-corrected chi connectivity index (χ2v) is 8.60. The highest BCUT2D eigenvalue weighted by Crippen LogP contribution is 2.39. The van der Waals surface area contributed by atoms with Gasteiger partial charge >= 0.3 is 0 Å². The summed E-state index contributed by atoms with van der Waals surface area (Å²) in [5.74, 6) is 1.17. The molecule has 7 nitrogen and oxygen atoms in total. The minimum atomic E-state index is -0.175. The summed E-state index contributed by atoms with van der Waals surface area (Å²) in [7, 11) is 2.13. The number of hydrogen-bond donors (Lipinski definition) is 2. The second kappa shape index (κ2) is 8.31. The maximum Gasteiger partial charge on any atom is 0.258 e. The lowest BCUT2D eigenvalue weighted by molar-refractivity contribution is -0.110. The number of carbonyl (C=O) groups is 2. The molecule has 32 heavy (non-hydrogen) atoms. The van der Waals surface area contributed by atoms with Crippen LogP contribution in [-0.2, 0) is 4.79 Å². The predicted octanol–water partition coefficient (Wildman–Crippen LogP) is 3.16. The van der Waals surface area contributed by atoms with Gasteiger partial charge in [-0.3, -0.25) is 9.59 Å². The predicted molar refractivity (Wildman–Crippen MR) is 123 cm³/mol. The third kappa shape index (κ3) is 3.84. The lowest BCUT2D eigenvalue weighted by Gasteiger charge is -2.31. The summed E-state index contributed by atoms with van der Waals surface area (Å²) in [6.45, 7) is 4.55. The van der Waals surface area contributed by atoms with Crippen LogP contribution in [-0.4, -0.2) is 56.0 Å². The number of amides is 1. The Morgan fingerprint density at radius 3 is 2.50 bits per heavy atom. The SMILES string of the molecule is CC(=O)c1ccc2c(c1)/C(=C(\NC1CCN(C)CC1)c1ccc3c(c1)OCCO3)C(=O)N2. The van der Waals surface area contributed by atoms with Gasteiger partial charge in [-0.05, 0) is 76.3 Å². The fraction of sp³-hybridized carbons (Fsp3) is 0.360. The first-order valence-electron chi connectivity index (χ1n) is 11.1. The summed E-state index contributed by atoms with van der Waals surface area (Å²) in [4.78, 5) is 27.5. The molecular weight excluding hydrogens is 406 g/mol. The van der Waals surface area contributed by atoms with Gasteiger partial charge in [0.2, 0.25) is 0 Å². The monoisotopic (exact) mass is 433 g/mol. The molecule has 0 unspecified atom stereocenters. The Morgan fingerprint density at radius 1 is 1.03 bits per heavy atom. The van der Waals surface area contributed by atoms with Crippen LogP contribution in [0.4, 0.5) is 5.69 Å². The Balaban J connectivity index is 1.63. The van der Waals surface area contributed by atoms with Gasteiger partial charge in [0.1, 0.15) is 13.2 Å². The van der Waals surface area contributed by atoms with Crippen LogP contribution < -0.4 is 20.1 Å². The van der Waals surface area contributed by atoms with Crippen molar-refractivity contribution < 1.29 is 19.1 Å². The van der Waals surface area contributed by atoms with Gasteiger partial charge in [-0.25, -0.2) is 0 Å². The zero-order valence-corrected chi connectivity index (χ0v) is 18.4. The van der Waals surface area contributed by atoms with Crippen LogP contribution in [0.3, 0.4) is 0 Å². The molecule has 0 atom stereocenters. The van der Waals surface area contributed by atoms with Crippen LogP contribution >= 0.6 is 0 Å². The number of piperidine rings is 1. The summed E-state index contributed by atoms with van der Waals surface area (Å²) >= 11 is 0. The Bertz CT molecular complexity index is 1120. The van der Waals surface area contributed by atoms with Crippen LogP contribution in [0.2, 0.25) is 0 Å². The van der Waals surface area contributed by atoms with E-state index >= 15 is 0 Å². The van der Waals surface area contributed by atoms with Crippen molar-refractivity contribution in [3.05, 3.63) is 53.1 Å². The zero-order valence-electron chi connectivity index (χ0n) is 18.4. The standard InChI is InChI=1S/C25H27N3O4/c1-15(29)16-3-5-20-19(13-16)23(25(30)27-20)24(26-18-7-9-28(2)10-8-18)17-4-6-21-22(14-17)32-12-11-31-21/h3-6,13-14,18,26H,7-12H2,1-2H3,(H,27,30)/b24-23+. The molecule has 3 heterocycles. The lowest BCUT2D eigenvalue weighted by atomic mass is 9.96. The smallest absolute Gasteiger partial charge is 0.258 e. The Morgan fingerprint density at radius 2 is 1.75 bits per heavy atom. The van der Waals surface area contributed by atoms with Gasteiger partial charge in [-0.15, -0.1) is 0 Å². The minimum Gasteiger partial charge on any atom is -0.486 e. The first-order valence-corrected chi connectivity index (χ1v) is 11.1. The number of anilines is 1. The first kappa shape index (κ1) is 20.6.